The maximum Gasteiger partial charge on any atom is 0.250 e. The number of amides is 1. The Morgan fingerprint density at radius 2 is 1.85 bits per heavy atom. The fourth-order valence-corrected chi connectivity index (χ4v) is 4.22. The van der Waals surface area contributed by atoms with Crippen molar-refractivity contribution < 1.29 is 4.79 Å². The number of nitrogens with one attached hydrogen (secondary N) is 1. The Kier molecular flexibility index (Phi) is 6.29. The Hall–Kier alpha value is -1.76. The predicted octanol–water partition coefficient (Wildman–Crippen LogP) is 2.39. The number of aromatic nitrogens is 2. The number of carbonyl (C=O) groups is 1. The maximum absolute atomic E-state index is 13.5. The van der Waals surface area contributed by atoms with Gasteiger partial charge in [0.2, 0.25) is 0 Å². The Balaban J connectivity index is 0.00000210. The molecule has 2 aromatic rings. The van der Waals surface area contributed by atoms with Crippen molar-refractivity contribution in [3.63, 3.8) is 0 Å². The van der Waals surface area contributed by atoms with Gasteiger partial charge in [-0.3, -0.25) is 9.48 Å². The second-order valence-electron chi connectivity index (χ2n) is 6.99. The highest BCUT2D eigenvalue weighted by atomic mass is 35.5. The number of benzene rings is 1. The standard InChI is InChI=1S/C19H24ClN5O.ClH/c20-16-3-1-4-17(15-16)23-11-13-24(14-12-23)18(26)19(5-8-21-9-6-19)25-10-2-7-22-25;/h1-4,7,10,15,21H,5-6,8-9,11-14H2;1H. The fraction of sp³-hybridized carbons (Fsp3) is 0.474. The first-order valence-corrected chi connectivity index (χ1v) is 9.58. The van der Waals surface area contributed by atoms with Gasteiger partial charge in [-0.25, -0.2) is 0 Å². The van der Waals surface area contributed by atoms with Gasteiger partial charge in [-0.2, -0.15) is 5.10 Å². The fourth-order valence-electron chi connectivity index (χ4n) is 4.04. The number of halogens is 2. The molecule has 1 aromatic heterocycles. The number of carbonyl (C=O) groups excluding carboxylic acids is 1. The number of hydrogen-bond acceptors (Lipinski definition) is 4. The number of hydrogen-bond donors (Lipinski definition) is 1. The third kappa shape index (κ3) is 3.93. The third-order valence-electron chi connectivity index (χ3n) is 5.51. The summed E-state index contributed by atoms with van der Waals surface area (Å²) in [6, 6.07) is 9.80. The van der Waals surface area contributed by atoms with Crippen molar-refractivity contribution in [1.29, 1.82) is 0 Å². The second-order valence-corrected chi connectivity index (χ2v) is 7.43. The zero-order valence-corrected chi connectivity index (χ0v) is 16.8. The van der Waals surface area contributed by atoms with Crippen LogP contribution in [-0.2, 0) is 10.3 Å². The normalized spacial score (nSPS) is 19.4. The Labute approximate surface area is 170 Å². The molecule has 0 unspecified atom stereocenters. The molecule has 6 nitrogen and oxygen atoms in total. The summed E-state index contributed by atoms with van der Waals surface area (Å²) in [5, 5.41) is 8.52. The molecule has 2 fully saturated rings. The molecule has 27 heavy (non-hydrogen) atoms. The lowest BCUT2D eigenvalue weighted by Crippen LogP contribution is -2.59. The first kappa shape index (κ1) is 20.0. The summed E-state index contributed by atoms with van der Waals surface area (Å²) in [5.41, 5.74) is 0.570. The van der Waals surface area contributed by atoms with Crippen LogP contribution in [0.5, 0.6) is 0 Å². The van der Waals surface area contributed by atoms with Gasteiger partial charge in [-0.1, -0.05) is 17.7 Å². The first-order chi connectivity index (χ1) is 12.7. The molecule has 2 aliphatic heterocycles. The summed E-state index contributed by atoms with van der Waals surface area (Å²) in [4.78, 5) is 17.8. The van der Waals surface area contributed by atoms with Crippen LogP contribution < -0.4 is 10.2 Å². The van der Waals surface area contributed by atoms with Gasteiger partial charge in [0.25, 0.3) is 5.91 Å². The number of rotatable bonds is 3. The van der Waals surface area contributed by atoms with Gasteiger partial charge in [-0.15, -0.1) is 12.4 Å². The molecule has 0 atom stereocenters. The van der Waals surface area contributed by atoms with E-state index in [0.29, 0.717) is 0 Å². The minimum atomic E-state index is -0.549. The molecule has 0 radical (unpaired) electrons. The van der Waals surface area contributed by atoms with Crippen molar-refractivity contribution in [3.8, 4) is 0 Å². The van der Waals surface area contributed by atoms with E-state index in [1.165, 1.54) is 0 Å². The van der Waals surface area contributed by atoms with Gasteiger partial charge in [0.05, 0.1) is 0 Å². The molecular weight excluding hydrogens is 385 g/mol. The number of piperazine rings is 1. The van der Waals surface area contributed by atoms with E-state index in [1.807, 2.05) is 40.0 Å². The van der Waals surface area contributed by atoms with Gasteiger partial charge in [-0.05, 0) is 50.2 Å². The SMILES string of the molecule is Cl.O=C(N1CCN(c2cccc(Cl)c2)CC1)C1(n2cccn2)CCNCC1. The molecule has 0 saturated carbocycles. The molecule has 146 valence electrons. The van der Waals surface area contributed by atoms with E-state index in [1.54, 1.807) is 6.20 Å². The van der Waals surface area contributed by atoms with E-state index in [2.05, 4.69) is 21.4 Å². The average molecular weight is 410 g/mol. The summed E-state index contributed by atoms with van der Waals surface area (Å²) < 4.78 is 1.87. The average Bonchev–Trinajstić information content (AvgIpc) is 3.23. The van der Waals surface area contributed by atoms with Gasteiger partial charge >= 0.3 is 0 Å². The number of nitrogens with zero attached hydrogens (tertiary/aromatic N) is 4. The van der Waals surface area contributed by atoms with Gasteiger partial charge in [0.15, 0.2) is 0 Å². The summed E-state index contributed by atoms with van der Waals surface area (Å²) in [6.07, 6.45) is 5.24. The Morgan fingerprint density at radius 1 is 1.11 bits per heavy atom. The van der Waals surface area contributed by atoms with Crippen LogP contribution in [-0.4, -0.2) is 59.9 Å². The van der Waals surface area contributed by atoms with Crippen molar-refractivity contribution in [2.45, 2.75) is 18.4 Å². The van der Waals surface area contributed by atoms with E-state index in [4.69, 9.17) is 11.6 Å². The molecule has 8 heteroatoms. The molecule has 0 aliphatic carbocycles. The van der Waals surface area contributed by atoms with E-state index < -0.39 is 5.54 Å². The molecule has 1 amide bonds. The van der Waals surface area contributed by atoms with Crippen molar-refractivity contribution >= 4 is 35.6 Å². The molecule has 1 N–H and O–H groups in total. The summed E-state index contributed by atoms with van der Waals surface area (Å²) >= 11 is 6.11. The van der Waals surface area contributed by atoms with Crippen molar-refractivity contribution in [2.75, 3.05) is 44.2 Å². The Morgan fingerprint density at radius 3 is 2.48 bits per heavy atom. The third-order valence-corrected chi connectivity index (χ3v) is 5.75. The lowest BCUT2D eigenvalue weighted by molar-refractivity contribution is -0.143. The largest absolute Gasteiger partial charge is 0.368 e. The predicted molar refractivity (Wildman–Crippen MR) is 110 cm³/mol. The van der Waals surface area contributed by atoms with Crippen molar-refractivity contribution in [3.05, 3.63) is 47.7 Å². The molecule has 4 rings (SSSR count). The smallest absolute Gasteiger partial charge is 0.250 e. The zero-order valence-electron chi connectivity index (χ0n) is 15.2. The van der Waals surface area contributed by atoms with Crippen LogP contribution in [0.3, 0.4) is 0 Å². The topological polar surface area (TPSA) is 53.4 Å². The van der Waals surface area contributed by atoms with Gasteiger partial charge < -0.3 is 15.1 Å². The lowest BCUT2D eigenvalue weighted by atomic mass is 9.86. The molecular formula is C19H25Cl2N5O. The van der Waals surface area contributed by atoms with Crippen LogP contribution in [0, 0.1) is 0 Å². The van der Waals surface area contributed by atoms with Crippen LogP contribution in [0.1, 0.15) is 12.8 Å². The van der Waals surface area contributed by atoms with Crippen LogP contribution >= 0.6 is 24.0 Å². The monoisotopic (exact) mass is 409 g/mol. The minimum Gasteiger partial charge on any atom is -0.368 e. The van der Waals surface area contributed by atoms with Crippen LogP contribution in [0.25, 0.3) is 0 Å². The summed E-state index contributed by atoms with van der Waals surface area (Å²) in [7, 11) is 0. The molecule has 3 heterocycles. The summed E-state index contributed by atoms with van der Waals surface area (Å²) in [5.74, 6) is 0.202. The molecule has 1 aromatic carbocycles. The molecule has 2 saturated heterocycles. The second kappa shape index (κ2) is 8.50. The highest BCUT2D eigenvalue weighted by Crippen LogP contribution is 2.30. The number of piperidine rings is 1. The lowest BCUT2D eigenvalue weighted by Gasteiger charge is -2.43. The van der Waals surface area contributed by atoms with Crippen LogP contribution in [0.2, 0.25) is 5.02 Å². The quantitative estimate of drug-likeness (QED) is 0.845. The first-order valence-electron chi connectivity index (χ1n) is 9.20. The van der Waals surface area contributed by atoms with E-state index in [-0.39, 0.29) is 18.3 Å². The zero-order chi connectivity index (χ0) is 18.0. The van der Waals surface area contributed by atoms with Crippen LogP contribution in [0.4, 0.5) is 5.69 Å². The molecule has 0 spiro atoms. The van der Waals surface area contributed by atoms with Crippen molar-refractivity contribution in [2.24, 2.45) is 0 Å². The Bertz CT molecular complexity index is 753. The van der Waals surface area contributed by atoms with Crippen molar-refractivity contribution in [1.82, 2.24) is 20.0 Å². The highest BCUT2D eigenvalue weighted by molar-refractivity contribution is 6.30. The summed E-state index contributed by atoms with van der Waals surface area (Å²) in [6.45, 7) is 4.77. The van der Waals surface area contributed by atoms with E-state index >= 15 is 0 Å². The number of anilines is 1. The van der Waals surface area contributed by atoms with Crippen LogP contribution in [0.15, 0.2) is 42.7 Å². The minimum absolute atomic E-state index is 0. The highest BCUT2D eigenvalue weighted by Gasteiger charge is 2.44. The van der Waals surface area contributed by atoms with E-state index in [0.717, 1.165) is 62.8 Å². The van der Waals surface area contributed by atoms with Gasteiger partial charge in [0.1, 0.15) is 5.54 Å². The maximum atomic E-state index is 13.5. The molecule has 2 aliphatic rings. The van der Waals surface area contributed by atoms with Gasteiger partial charge in [0, 0.05) is 49.3 Å². The van der Waals surface area contributed by atoms with E-state index in [9.17, 15) is 4.79 Å². The molecule has 0 bridgehead atoms.